The average Bonchev–Trinajstić information content (AvgIpc) is 3.40. The maximum atomic E-state index is 13.3. The van der Waals surface area contributed by atoms with Crippen molar-refractivity contribution in [1.29, 1.82) is 0 Å². The number of aromatic nitrogens is 2. The van der Waals surface area contributed by atoms with E-state index < -0.39 is 0 Å². The number of ether oxygens (including phenoxy) is 1. The zero-order valence-electron chi connectivity index (χ0n) is 21.1. The van der Waals surface area contributed by atoms with Crippen molar-refractivity contribution < 1.29 is 13.9 Å². The number of carbonyl (C=O) groups excluding carboxylic acids is 1. The second-order valence-corrected chi connectivity index (χ2v) is 10.5. The van der Waals surface area contributed by atoms with Crippen LogP contribution in [-0.2, 0) is 23.3 Å². The van der Waals surface area contributed by atoms with Gasteiger partial charge in [-0.3, -0.25) is 4.79 Å². The summed E-state index contributed by atoms with van der Waals surface area (Å²) in [4.78, 5) is 19.6. The molecular formula is C30H32FN3O2. The normalized spacial score (nSPS) is 16.2. The number of halogens is 1. The lowest BCUT2D eigenvalue weighted by atomic mass is 9.87. The monoisotopic (exact) mass is 485 g/mol. The number of amides is 1. The van der Waals surface area contributed by atoms with Gasteiger partial charge in [0.2, 0.25) is 5.91 Å². The number of hydrogen-bond donors (Lipinski definition) is 0. The second kappa shape index (κ2) is 9.76. The molecule has 3 aromatic carbocycles. The number of carbonyl (C=O) groups is 1. The molecule has 1 unspecified atom stereocenters. The highest BCUT2D eigenvalue weighted by Crippen LogP contribution is 2.31. The van der Waals surface area contributed by atoms with E-state index in [0.29, 0.717) is 32.7 Å². The molecule has 1 aliphatic heterocycles. The summed E-state index contributed by atoms with van der Waals surface area (Å²) in [6.45, 7) is 8.80. The Morgan fingerprint density at radius 3 is 2.44 bits per heavy atom. The molecule has 1 saturated heterocycles. The van der Waals surface area contributed by atoms with E-state index >= 15 is 0 Å². The number of imidazole rings is 1. The highest BCUT2D eigenvalue weighted by atomic mass is 19.1. The first-order valence-electron chi connectivity index (χ1n) is 12.5. The summed E-state index contributed by atoms with van der Waals surface area (Å²) in [6, 6.07) is 22.7. The van der Waals surface area contributed by atoms with Crippen molar-refractivity contribution >= 4 is 16.9 Å². The van der Waals surface area contributed by atoms with E-state index in [4.69, 9.17) is 9.72 Å². The first kappa shape index (κ1) is 24.0. The Bertz CT molecular complexity index is 1350. The van der Waals surface area contributed by atoms with Crippen LogP contribution in [0.4, 0.5) is 4.39 Å². The molecule has 5 nitrogen and oxygen atoms in total. The molecule has 0 aliphatic carbocycles. The van der Waals surface area contributed by atoms with Gasteiger partial charge in [0, 0.05) is 25.4 Å². The van der Waals surface area contributed by atoms with Crippen LogP contribution in [0.5, 0.6) is 5.75 Å². The fourth-order valence-electron chi connectivity index (χ4n) is 4.85. The van der Waals surface area contributed by atoms with Crippen LogP contribution in [0.3, 0.4) is 0 Å². The minimum absolute atomic E-state index is 0.00332. The second-order valence-electron chi connectivity index (χ2n) is 10.5. The fraction of sp³-hybridized carbons (Fsp3) is 0.333. The van der Waals surface area contributed by atoms with Gasteiger partial charge >= 0.3 is 0 Å². The molecule has 6 heteroatoms. The summed E-state index contributed by atoms with van der Waals surface area (Å²) in [6.07, 6.45) is 0.416. The third-order valence-corrected chi connectivity index (χ3v) is 6.85. The molecule has 1 fully saturated rings. The standard InChI is InChI=1S/C30H32FN3O2/c1-30(2,3)23-10-14-25(15-11-23)36-17-16-34-27-7-5-4-6-26(27)32-29(34)22-18-28(35)33(20-22)19-21-8-12-24(31)13-9-21/h4-15,22H,16-20H2,1-3H3. The molecule has 1 atom stereocenters. The predicted octanol–water partition coefficient (Wildman–Crippen LogP) is 6.07. The van der Waals surface area contributed by atoms with Gasteiger partial charge in [-0.1, -0.05) is 57.2 Å². The maximum absolute atomic E-state index is 13.3. The van der Waals surface area contributed by atoms with Crippen LogP contribution in [0.1, 0.15) is 50.1 Å². The fourth-order valence-corrected chi connectivity index (χ4v) is 4.85. The van der Waals surface area contributed by atoms with Crippen LogP contribution in [0, 0.1) is 5.82 Å². The number of para-hydroxylation sites is 2. The quantitative estimate of drug-likeness (QED) is 0.319. The number of rotatable bonds is 7. The molecule has 5 rings (SSSR count). The van der Waals surface area contributed by atoms with Gasteiger partial charge in [-0.15, -0.1) is 0 Å². The summed E-state index contributed by atoms with van der Waals surface area (Å²) < 4.78 is 21.6. The van der Waals surface area contributed by atoms with Crippen LogP contribution in [0.25, 0.3) is 11.0 Å². The van der Waals surface area contributed by atoms with Crippen molar-refractivity contribution in [3.8, 4) is 5.75 Å². The van der Waals surface area contributed by atoms with E-state index in [2.05, 4.69) is 43.5 Å². The molecule has 0 spiro atoms. The van der Waals surface area contributed by atoms with Gasteiger partial charge in [0.1, 0.15) is 24.0 Å². The molecule has 1 aromatic heterocycles. The first-order chi connectivity index (χ1) is 17.3. The highest BCUT2D eigenvalue weighted by Gasteiger charge is 2.34. The van der Waals surface area contributed by atoms with E-state index in [1.165, 1.54) is 17.7 Å². The largest absolute Gasteiger partial charge is 0.492 e. The maximum Gasteiger partial charge on any atom is 0.223 e. The summed E-state index contributed by atoms with van der Waals surface area (Å²) >= 11 is 0. The van der Waals surface area contributed by atoms with Gasteiger partial charge in [-0.2, -0.15) is 0 Å². The smallest absolute Gasteiger partial charge is 0.223 e. The summed E-state index contributed by atoms with van der Waals surface area (Å²) in [5.41, 5.74) is 4.26. The lowest BCUT2D eigenvalue weighted by Gasteiger charge is -2.19. The van der Waals surface area contributed by atoms with Crippen LogP contribution >= 0.6 is 0 Å². The average molecular weight is 486 g/mol. The Hall–Kier alpha value is -3.67. The van der Waals surface area contributed by atoms with Crippen LogP contribution in [0.15, 0.2) is 72.8 Å². The van der Waals surface area contributed by atoms with Crippen molar-refractivity contribution in [1.82, 2.24) is 14.5 Å². The van der Waals surface area contributed by atoms with Gasteiger partial charge in [0.05, 0.1) is 17.6 Å². The SMILES string of the molecule is CC(C)(C)c1ccc(OCCn2c(C3CC(=O)N(Cc4ccc(F)cc4)C3)nc3ccccc32)cc1. The first-order valence-corrected chi connectivity index (χ1v) is 12.5. The molecule has 0 N–H and O–H groups in total. The van der Waals surface area contributed by atoms with Crippen LogP contribution in [0.2, 0.25) is 0 Å². The van der Waals surface area contributed by atoms with Gasteiger partial charge in [-0.25, -0.2) is 9.37 Å². The van der Waals surface area contributed by atoms with Gasteiger partial charge in [0.15, 0.2) is 0 Å². The zero-order valence-corrected chi connectivity index (χ0v) is 21.1. The van der Waals surface area contributed by atoms with Crippen molar-refractivity contribution in [2.24, 2.45) is 0 Å². The molecule has 0 saturated carbocycles. The number of fused-ring (bicyclic) bond motifs is 1. The minimum atomic E-state index is -0.273. The van der Waals surface area contributed by atoms with Crippen molar-refractivity contribution in [2.45, 2.75) is 51.6 Å². The topological polar surface area (TPSA) is 47.4 Å². The molecular weight excluding hydrogens is 453 g/mol. The third-order valence-electron chi connectivity index (χ3n) is 6.85. The molecule has 0 radical (unpaired) electrons. The molecule has 186 valence electrons. The van der Waals surface area contributed by atoms with Crippen LogP contribution < -0.4 is 4.74 Å². The zero-order chi connectivity index (χ0) is 25.3. The Labute approximate surface area is 211 Å². The van der Waals surface area contributed by atoms with Gasteiger partial charge < -0.3 is 14.2 Å². The molecule has 1 aliphatic rings. The van der Waals surface area contributed by atoms with E-state index in [0.717, 1.165) is 28.2 Å². The summed E-state index contributed by atoms with van der Waals surface area (Å²) in [7, 11) is 0. The number of hydrogen-bond acceptors (Lipinski definition) is 3. The Balaban J connectivity index is 1.31. The number of likely N-dealkylation sites (tertiary alicyclic amines) is 1. The minimum Gasteiger partial charge on any atom is -0.492 e. The third kappa shape index (κ3) is 5.13. The number of benzene rings is 3. The molecule has 1 amide bonds. The van der Waals surface area contributed by atoms with Crippen molar-refractivity contribution in [2.75, 3.05) is 13.2 Å². The van der Waals surface area contributed by atoms with Crippen molar-refractivity contribution in [3.05, 3.63) is 95.6 Å². The molecule has 36 heavy (non-hydrogen) atoms. The van der Waals surface area contributed by atoms with E-state index in [1.54, 1.807) is 12.1 Å². The Kier molecular flexibility index (Phi) is 6.52. The van der Waals surface area contributed by atoms with E-state index in [9.17, 15) is 9.18 Å². The summed E-state index contributed by atoms with van der Waals surface area (Å²) in [5.74, 6) is 1.58. The lowest BCUT2D eigenvalue weighted by Crippen LogP contribution is -2.24. The molecule has 2 heterocycles. The van der Waals surface area contributed by atoms with Crippen LogP contribution in [-0.4, -0.2) is 33.5 Å². The lowest BCUT2D eigenvalue weighted by molar-refractivity contribution is -0.128. The van der Waals surface area contributed by atoms with E-state index in [-0.39, 0.29) is 23.1 Å². The molecule has 0 bridgehead atoms. The highest BCUT2D eigenvalue weighted by molar-refractivity contribution is 5.81. The number of nitrogens with zero attached hydrogens (tertiary/aromatic N) is 3. The Morgan fingerprint density at radius 2 is 1.72 bits per heavy atom. The Morgan fingerprint density at radius 1 is 1.00 bits per heavy atom. The van der Waals surface area contributed by atoms with E-state index in [1.807, 2.05) is 35.2 Å². The molecule has 4 aromatic rings. The van der Waals surface area contributed by atoms with Gasteiger partial charge in [-0.05, 0) is 52.9 Å². The summed E-state index contributed by atoms with van der Waals surface area (Å²) in [5, 5.41) is 0. The van der Waals surface area contributed by atoms with Gasteiger partial charge in [0.25, 0.3) is 0 Å². The van der Waals surface area contributed by atoms with Crippen molar-refractivity contribution in [3.63, 3.8) is 0 Å². The predicted molar refractivity (Wildman–Crippen MR) is 140 cm³/mol.